The highest BCUT2D eigenvalue weighted by Gasteiger charge is 2.35. The summed E-state index contributed by atoms with van der Waals surface area (Å²) in [6.45, 7) is 10.1. The zero-order valence-electron chi connectivity index (χ0n) is 18.1. The second-order valence-electron chi connectivity index (χ2n) is 7.64. The molecule has 1 atom stereocenters. The number of hydrogen-bond donors (Lipinski definition) is 3. The lowest BCUT2D eigenvalue weighted by molar-refractivity contribution is -0.126. The van der Waals surface area contributed by atoms with Gasteiger partial charge in [0.25, 0.3) is 0 Å². The first-order valence-electron chi connectivity index (χ1n) is 10.4. The Balaban J connectivity index is 1.49. The van der Waals surface area contributed by atoms with Gasteiger partial charge >= 0.3 is 0 Å². The molecule has 0 aliphatic carbocycles. The van der Waals surface area contributed by atoms with Gasteiger partial charge in [-0.05, 0) is 51.0 Å². The topological polar surface area (TPSA) is 99.2 Å². The minimum atomic E-state index is -0.338. The zero-order valence-corrected chi connectivity index (χ0v) is 18.1. The molecule has 1 aliphatic heterocycles. The number of carbonyl (C=O) groups is 2. The third-order valence-electron chi connectivity index (χ3n) is 5.22. The molecule has 160 valence electrons. The highest BCUT2D eigenvalue weighted by atomic mass is 16.2. The molecule has 8 nitrogen and oxygen atoms in total. The van der Waals surface area contributed by atoms with E-state index in [0.29, 0.717) is 25.6 Å². The van der Waals surface area contributed by atoms with Crippen LogP contribution < -0.4 is 20.9 Å². The predicted molar refractivity (Wildman–Crippen MR) is 119 cm³/mol. The van der Waals surface area contributed by atoms with E-state index in [4.69, 9.17) is 0 Å². The van der Waals surface area contributed by atoms with Crippen molar-refractivity contribution in [2.45, 2.75) is 34.1 Å². The first-order chi connectivity index (χ1) is 14.4. The molecule has 1 fully saturated rings. The van der Waals surface area contributed by atoms with Gasteiger partial charge in [0.1, 0.15) is 5.82 Å². The zero-order chi connectivity index (χ0) is 21.7. The van der Waals surface area contributed by atoms with Gasteiger partial charge in [0, 0.05) is 50.0 Å². The van der Waals surface area contributed by atoms with E-state index in [9.17, 15) is 9.59 Å². The van der Waals surface area contributed by atoms with Crippen LogP contribution in [0.15, 0.2) is 24.3 Å². The Hall–Kier alpha value is -3.16. The lowest BCUT2D eigenvalue weighted by Crippen LogP contribution is -2.35. The van der Waals surface area contributed by atoms with Crippen LogP contribution in [0.25, 0.3) is 0 Å². The highest BCUT2D eigenvalue weighted by Crippen LogP contribution is 2.26. The fourth-order valence-electron chi connectivity index (χ4n) is 3.45. The van der Waals surface area contributed by atoms with E-state index in [1.54, 1.807) is 4.90 Å². The van der Waals surface area contributed by atoms with Crippen LogP contribution in [0.3, 0.4) is 0 Å². The van der Waals surface area contributed by atoms with E-state index in [0.717, 1.165) is 29.3 Å². The van der Waals surface area contributed by atoms with Gasteiger partial charge in [0.2, 0.25) is 17.8 Å². The number of hydrogen-bond acceptors (Lipinski definition) is 6. The number of aromatic nitrogens is 2. The molecule has 0 bridgehead atoms. The van der Waals surface area contributed by atoms with E-state index in [1.165, 1.54) is 5.56 Å². The van der Waals surface area contributed by atoms with Gasteiger partial charge < -0.3 is 20.9 Å². The van der Waals surface area contributed by atoms with Crippen molar-refractivity contribution in [3.8, 4) is 0 Å². The number of nitrogens with zero attached hydrogens (tertiary/aromatic N) is 3. The number of aryl methyl sites for hydroxylation is 3. The van der Waals surface area contributed by atoms with E-state index in [-0.39, 0.29) is 24.2 Å². The smallest absolute Gasteiger partial charge is 0.227 e. The van der Waals surface area contributed by atoms with E-state index < -0.39 is 0 Å². The number of carbonyl (C=O) groups excluding carboxylic acids is 2. The lowest BCUT2D eigenvalue weighted by Gasteiger charge is -2.18. The van der Waals surface area contributed by atoms with Crippen molar-refractivity contribution in [2.75, 3.05) is 41.7 Å². The van der Waals surface area contributed by atoms with Crippen molar-refractivity contribution >= 4 is 29.3 Å². The largest absolute Gasteiger partial charge is 0.370 e. The Morgan fingerprint density at radius 2 is 1.90 bits per heavy atom. The van der Waals surface area contributed by atoms with Gasteiger partial charge in [-0.25, -0.2) is 4.98 Å². The summed E-state index contributed by atoms with van der Waals surface area (Å²) < 4.78 is 0. The molecule has 1 aliphatic rings. The van der Waals surface area contributed by atoms with Crippen LogP contribution in [0.4, 0.5) is 17.5 Å². The number of anilines is 3. The van der Waals surface area contributed by atoms with Crippen LogP contribution in [0.2, 0.25) is 0 Å². The van der Waals surface area contributed by atoms with Crippen LogP contribution in [0.5, 0.6) is 0 Å². The van der Waals surface area contributed by atoms with Crippen molar-refractivity contribution < 1.29 is 9.59 Å². The van der Waals surface area contributed by atoms with Crippen molar-refractivity contribution in [3.63, 3.8) is 0 Å². The van der Waals surface area contributed by atoms with Crippen LogP contribution >= 0.6 is 0 Å². The minimum absolute atomic E-state index is 0.0133. The summed E-state index contributed by atoms with van der Waals surface area (Å²) in [6, 6.07) is 7.83. The molecule has 2 amide bonds. The number of benzene rings is 1. The summed E-state index contributed by atoms with van der Waals surface area (Å²) >= 11 is 0. The molecule has 1 aromatic heterocycles. The number of nitrogens with one attached hydrogen (secondary N) is 3. The molecule has 0 radical (unpaired) electrons. The molecule has 3 rings (SSSR count). The van der Waals surface area contributed by atoms with Crippen LogP contribution in [0, 0.1) is 26.7 Å². The first kappa shape index (κ1) is 21.5. The van der Waals surface area contributed by atoms with Crippen LogP contribution in [-0.4, -0.2) is 48.0 Å². The Morgan fingerprint density at radius 3 is 2.63 bits per heavy atom. The average molecular weight is 411 g/mol. The average Bonchev–Trinajstić information content (AvgIpc) is 3.09. The van der Waals surface area contributed by atoms with Gasteiger partial charge in [-0.15, -0.1) is 0 Å². The fraction of sp³-hybridized carbons (Fsp3) is 0.455. The summed E-state index contributed by atoms with van der Waals surface area (Å²) in [5.41, 5.74) is 4.04. The van der Waals surface area contributed by atoms with Gasteiger partial charge in [0.05, 0.1) is 5.92 Å². The SMILES string of the molecule is CCNc1cc(C)nc(NCCNC(=O)C2CC(=O)N(c3ccc(C)c(C)c3)C2)n1. The number of amides is 2. The quantitative estimate of drug-likeness (QED) is 0.578. The van der Waals surface area contributed by atoms with Crippen LogP contribution in [0.1, 0.15) is 30.2 Å². The molecule has 30 heavy (non-hydrogen) atoms. The maximum atomic E-state index is 12.5. The second-order valence-corrected chi connectivity index (χ2v) is 7.64. The molecule has 1 saturated heterocycles. The van der Waals surface area contributed by atoms with Crippen LogP contribution in [-0.2, 0) is 9.59 Å². The summed E-state index contributed by atoms with van der Waals surface area (Å²) in [5.74, 6) is 0.843. The van der Waals surface area contributed by atoms with Crippen molar-refractivity contribution in [2.24, 2.45) is 5.92 Å². The highest BCUT2D eigenvalue weighted by molar-refractivity contribution is 6.00. The van der Waals surface area contributed by atoms with Gasteiger partial charge in [0.15, 0.2) is 0 Å². The monoisotopic (exact) mass is 410 g/mol. The molecule has 0 spiro atoms. The summed E-state index contributed by atoms with van der Waals surface area (Å²) in [7, 11) is 0. The maximum absolute atomic E-state index is 12.5. The van der Waals surface area contributed by atoms with Crippen molar-refractivity contribution in [1.29, 1.82) is 0 Å². The second kappa shape index (κ2) is 9.56. The Morgan fingerprint density at radius 1 is 1.10 bits per heavy atom. The Labute approximate surface area is 177 Å². The Bertz CT molecular complexity index is 930. The molecule has 3 N–H and O–H groups in total. The third kappa shape index (κ3) is 5.25. The molecule has 1 aromatic carbocycles. The molecule has 1 unspecified atom stereocenters. The van der Waals surface area contributed by atoms with Gasteiger partial charge in [-0.2, -0.15) is 4.98 Å². The molecule has 8 heteroatoms. The normalized spacial score (nSPS) is 15.9. The molecular formula is C22H30N6O2. The standard InChI is InChI=1S/C22H30N6O2/c1-5-23-19-11-16(4)26-22(27-19)25-9-8-24-21(30)17-12-20(29)28(13-17)18-7-6-14(2)15(3)10-18/h6-7,10-11,17H,5,8-9,12-13H2,1-4H3,(H,24,30)(H2,23,25,26,27). The van der Waals surface area contributed by atoms with Gasteiger partial charge in [-0.1, -0.05) is 6.07 Å². The summed E-state index contributed by atoms with van der Waals surface area (Å²) in [6.07, 6.45) is 0.235. The number of rotatable bonds is 8. The summed E-state index contributed by atoms with van der Waals surface area (Å²) in [5, 5.41) is 9.21. The Kier molecular flexibility index (Phi) is 6.87. The first-order valence-corrected chi connectivity index (χ1v) is 10.4. The van der Waals surface area contributed by atoms with E-state index in [1.807, 2.05) is 52.0 Å². The van der Waals surface area contributed by atoms with Crippen molar-refractivity contribution in [3.05, 3.63) is 41.1 Å². The molecule has 0 saturated carbocycles. The molecular weight excluding hydrogens is 380 g/mol. The van der Waals surface area contributed by atoms with E-state index >= 15 is 0 Å². The fourth-order valence-corrected chi connectivity index (χ4v) is 3.45. The summed E-state index contributed by atoms with van der Waals surface area (Å²) in [4.78, 5) is 35.4. The molecule has 2 aromatic rings. The molecule has 2 heterocycles. The third-order valence-corrected chi connectivity index (χ3v) is 5.22. The minimum Gasteiger partial charge on any atom is -0.370 e. The van der Waals surface area contributed by atoms with Crippen molar-refractivity contribution in [1.82, 2.24) is 15.3 Å². The van der Waals surface area contributed by atoms with E-state index in [2.05, 4.69) is 25.9 Å². The lowest BCUT2D eigenvalue weighted by atomic mass is 10.1. The predicted octanol–water partition coefficient (Wildman–Crippen LogP) is 2.41. The van der Waals surface area contributed by atoms with Gasteiger partial charge in [-0.3, -0.25) is 9.59 Å². The maximum Gasteiger partial charge on any atom is 0.227 e.